The molecular formula is C21H28N3O3+. The van der Waals surface area contributed by atoms with Crippen molar-refractivity contribution >= 4 is 23.2 Å². The quantitative estimate of drug-likeness (QED) is 0.664. The Hall–Kier alpha value is -2.86. The molecule has 6 heteroatoms. The fourth-order valence-corrected chi connectivity index (χ4v) is 2.83. The van der Waals surface area contributed by atoms with E-state index in [0.717, 1.165) is 21.9 Å². The Balaban J connectivity index is 1.93. The molecule has 2 aromatic carbocycles. The number of carbonyl (C=O) groups is 2. The van der Waals surface area contributed by atoms with E-state index in [0.29, 0.717) is 12.2 Å². The number of aryl methyl sites for hydroxylation is 1. The smallest absolute Gasteiger partial charge is 0.282 e. The zero-order chi connectivity index (χ0) is 19.8. The van der Waals surface area contributed by atoms with Gasteiger partial charge in [0.05, 0.1) is 13.7 Å². The van der Waals surface area contributed by atoms with Gasteiger partial charge < -0.3 is 20.3 Å². The van der Waals surface area contributed by atoms with Gasteiger partial charge in [0, 0.05) is 11.4 Å². The van der Waals surface area contributed by atoms with Gasteiger partial charge in [0.1, 0.15) is 5.75 Å². The highest BCUT2D eigenvalue weighted by atomic mass is 16.5. The number of benzene rings is 2. The molecule has 0 saturated heterocycles. The first-order valence-electron chi connectivity index (χ1n) is 9.09. The summed E-state index contributed by atoms with van der Waals surface area (Å²) in [5.41, 5.74) is 2.55. The van der Waals surface area contributed by atoms with Crippen molar-refractivity contribution < 1.29 is 19.2 Å². The van der Waals surface area contributed by atoms with E-state index in [-0.39, 0.29) is 24.4 Å². The molecule has 6 nitrogen and oxygen atoms in total. The predicted octanol–water partition coefficient (Wildman–Crippen LogP) is 1.87. The van der Waals surface area contributed by atoms with E-state index >= 15 is 0 Å². The highest BCUT2D eigenvalue weighted by Crippen LogP contribution is 2.14. The molecule has 1 unspecified atom stereocenters. The Morgan fingerprint density at radius 3 is 2.37 bits per heavy atom. The number of anilines is 2. The molecule has 0 radical (unpaired) electrons. The number of hydrogen-bond donors (Lipinski definition) is 3. The molecule has 0 fully saturated rings. The lowest BCUT2D eigenvalue weighted by atomic mass is 10.2. The number of nitrogens with one attached hydrogen (secondary N) is 3. The van der Waals surface area contributed by atoms with Gasteiger partial charge in [-0.2, -0.15) is 0 Å². The second-order valence-corrected chi connectivity index (χ2v) is 6.55. The van der Waals surface area contributed by atoms with Crippen molar-refractivity contribution in [3.8, 4) is 5.75 Å². The van der Waals surface area contributed by atoms with E-state index in [1.54, 1.807) is 31.4 Å². The van der Waals surface area contributed by atoms with Crippen LogP contribution in [0.2, 0.25) is 0 Å². The summed E-state index contributed by atoms with van der Waals surface area (Å²) in [7, 11) is 1.60. The van der Waals surface area contributed by atoms with Gasteiger partial charge in [0.15, 0.2) is 12.6 Å². The minimum absolute atomic E-state index is 0.102. The monoisotopic (exact) mass is 370 g/mol. The number of carbonyl (C=O) groups excluding carboxylic acids is 2. The van der Waals surface area contributed by atoms with E-state index < -0.39 is 0 Å². The van der Waals surface area contributed by atoms with E-state index in [1.165, 1.54) is 0 Å². The van der Waals surface area contributed by atoms with Crippen molar-refractivity contribution in [3.05, 3.63) is 54.1 Å². The van der Waals surface area contributed by atoms with E-state index in [2.05, 4.69) is 10.6 Å². The van der Waals surface area contributed by atoms with Crippen LogP contribution in [0.15, 0.2) is 48.5 Å². The largest absolute Gasteiger partial charge is 0.497 e. The Kier molecular flexibility index (Phi) is 7.37. The third kappa shape index (κ3) is 6.11. The fraction of sp³-hybridized carbons (Fsp3) is 0.333. The molecule has 0 saturated carbocycles. The van der Waals surface area contributed by atoms with Gasteiger partial charge in [-0.3, -0.25) is 9.59 Å². The van der Waals surface area contributed by atoms with Crippen LogP contribution in [0.3, 0.4) is 0 Å². The van der Waals surface area contributed by atoms with Crippen molar-refractivity contribution in [1.82, 2.24) is 0 Å². The van der Waals surface area contributed by atoms with Crippen molar-refractivity contribution in [1.29, 1.82) is 0 Å². The first-order chi connectivity index (χ1) is 12.9. The highest BCUT2D eigenvalue weighted by Gasteiger charge is 2.26. The molecule has 0 bridgehead atoms. The van der Waals surface area contributed by atoms with Gasteiger partial charge >= 0.3 is 0 Å². The molecule has 27 heavy (non-hydrogen) atoms. The Morgan fingerprint density at radius 2 is 1.78 bits per heavy atom. The lowest BCUT2D eigenvalue weighted by molar-refractivity contribution is -0.904. The molecule has 2 atom stereocenters. The summed E-state index contributed by atoms with van der Waals surface area (Å²) in [5, 5.41) is 5.79. The molecule has 0 aliphatic heterocycles. The molecular weight excluding hydrogens is 342 g/mol. The lowest BCUT2D eigenvalue weighted by Gasteiger charge is -2.23. The predicted molar refractivity (Wildman–Crippen MR) is 107 cm³/mol. The highest BCUT2D eigenvalue weighted by molar-refractivity contribution is 5.94. The second-order valence-electron chi connectivity index (χ2n) is 6.55. The van der Waals surface area contributed by atoms with E-state index in [9.17, 15) is 9.59 Å². The molecule has 144 valence electrons. The minimum Gasteiger partial charge on any atom is -0.497 e. The fourth-order valence-electron chi connectivity index (χ4n) is 2.83. The van der Waals surface area contributed by atoms with Crippen LogP contribution < -0.4 is 20.3 Å². The van der Waals surface area contributed by atoms with Crippen LogP contribution in [0, 0.1) is 6.92 Å². The molecule has 2 aromatic rings. The molecule has 0 aliphatic rings. The Bertz CT molecular complexity index is 774. The molecule has 0 aromatic heterocycles. The summed E-state index contributed by atoms with van der Waals surface area (Å²) in [6.45, 7) is 6.66. The van der Waals surface area contributed by atoms with Gasteiger partial charge in [0.2, 0.25) is 0 Å². The van der Waals surface area contributed by atoms with Crippen LogP contribution in [0.25, 0.3) is 0 Å². The minimum atomic E-state index is -0.350. The van der Waals surface area contributed by atoms with Crippen LogP contribution in [0.4, 0.5) is 11.4 Å². The summed E-state index contributed by atoms with van der Waals surface area (Å²) >= 11 is 0. The zero-order valence-electron chi connectivity index (χ0n) is 16.3. The number of methoxy groups -OCH3 is 1. The van der Waals surface area contributed by atoms with Gasteiger partial charge in [-0.05, 0) is 62.7 Å². The number of rotatable bonds is 8. The van der Waals surface area contributed by atoms with Crippen molar-refractivity contribution in [3.63, 3.8) is 0 Å². The van der Waals surface area contributed by atoms with Crippen LogP contribution in [-0.4, -0.2) is 38.1 Å². The Morgan fingerprint density at radius 1 is 1.07 bits per heavy atom. The summed E-state index contributed by atoms with van der Waals surface area (Å²) in [6, 6.07) is 14.5. The summed E-state index contributed by atoms with van der Waals surface area (Å²) < 4.78 is 5.11. The normalized spacial score (nSPS) is 12.7. The maximum atomic E-state index is 12.6. The summed E-state index contributed by atoms with van der Waals surface area (Å²) in [4.78, 5) is 25.8. The van der Waals surface area contributed by atoms with Crippen LogP contribution in [0.5, 0.6) is 5.75 Å². The third-order valence-corrected chi connectivity index (χ3v) is 4.51. The van der Waals surface area contributed by atoms with Crippen LogP contribution in [0.1, 0.15) is 19.4 Å². The summed E-state index contributed by atoms with van der Waals surface area (Å²) in [6.07, 6.45) is 0. The van der Waals surface area contributed by atoms with Gasteiger partial charge in [-0.15, -0.1) is 0 Å². The van der Waals surface area contributed by atoms with E-state index in [4.69, 9.17) is 4.74 Å². The average Bonchev–Trinajstić information content (AvgIpc) is 2.66. The third-order valence-electron chi connectivity index (χ3n) is 4.51. The van der Waals surface area contributed by atoms with Gasteiger partial charge in [-0.1, -0.05) is 12.1 Å². The average molecular weight is 370 g/mol. The molecule has 2 rings (SSSR count). The molecule has 3 N–H and O–H groups in total. The van der Waals surface area contributed by atoms with Crippen molar-refractivity contribution in [2.24, 2.45) is 0 Å². The standard InChI is InChI=1S/C21H27N3O3/c1-5-24(14-20(25)22-17-9-11-19(27-4)12-10-17)16(3)21(26)23-18-8-6-7-15(2)13-18/h6-13,16H,5,14H2,1-4H3,(H,22,25)(H,23,26)/p+1/t16-/m1/s1. The number of likely N-dealkylation sites (N-methyl/N-ethyl adjacent to an activating group) is 1. The van der Waals surface area contributed by atoms with Crippen molar-refractivity contribution in [2.45, 2.75) is 26.8 Å². The zero-order valence-corrected chi connectivity index (χ0v) is 16.3. The molecule has 0 spiro atoms. The SMILES string of the molecule is CC[NH+](CC(=O)Nc1ccc(OC)cc1)[C@H](C)C(=O)Nc1cccc(C)c1. The molecule has 0 heterocycles. The first kappa shape index (κ1) is 20.5. The van der Waals surface area contributed by atoms with Gasteiger partial charge in [0.25, 0.3) is 11.8 Å². The van der Waals surface area contributed by atoms with Crippen LogP contribution in [-0.2, 0) is 9.59 Å². The molecule has 2 amide bonds. The Labute approximate surface area is 160 Å². The number of hydrogen-bond acceptors (Lipinski definition) is 3. The second kappa shape index (κ2) is 9.73. The maximum absolute atomic E-state index is 12.6. The number of ether oxygens (including phenoxy) is 1. The summed E-state index contributed by atoms with van der Waals surface area (Å²) in [5.74, 6) is 0.497. The number of quaternary nitrogens is 1. The van der Waals surface area contributed by atoms with Gasteiger partial charge in [-0.25, -0.2) is 0 Å². The number of amides is 2. The van der Waals surface area contributed by atoms with E-state index in [1.807, 2.05) is 45.0 Å². The first-order valence-corrected chi connectivity index (χ1v) is 9.09. The lowest BCUT2D eigenvalue weighted by Crippen LogP contribution is -3.17. The van der Waals surface area contributed by atoms with Crippen molar-refractivity contribution in [2.75, 3.05) is 30.8 Å². The topological polar surface area (TPSA) is 71.9 Å². The molecule has 0 aliphatic carbocycles. The maximum Gasteiger partial charge on any atom is 0.282 e. The van der Waals surface area contributed by atoms with Crippen LogP contribution >= 0.6 is 0 Å².